The van der Waals surface area contributed by atoms with Gasteiger partial charge in [-0.15, -0.1) is 11.3 Å². The molecule has 0 spiro atoms. The first-order valence-electron chi connectivity index (χ1n) is 7.63. The first-order valence-corrected chi connectivity index (χ1v) is 8.51. The molecular weight excluding hydrogens is 296 g/mol. The fourth-order valence-electron chi connectivity index (χ4n) is 2.86. The number of aromatic nitrogens is 2. The zero-order valence-corrected chi connectivity index (χ0v) is 14.1. The summed E-state index contributed by atoms with van der Waals surface area (Å²) in [4.78, 5) is 20.3. The van der Waals surface area contributed by atoms with Crippen molar-refractivity contribution in [2.75, 3.05) is 6.54 Å². The van der Waals surface area contributed by atoms with E-state index in [0.29, 0.717) is 6.54 Å². The Hall–Kier alpha value is -1.66. The van der Waals surface area contributed by atoms with E-state index in [1.165, 1.54) is 10.6 Å². The van der Waals surface area contributed by atoms with Gasteiger partial charge in [0.1, 0.15) is 5.82 Å². The number of nitrogens with zero attached hydrogens (tertiary/aromatic N) is 3. The van der Waals surface area contributed by atoms with Crippen LogP contribution in [0.25, 0.3) is 0 Å². The minimum atomic E-state index is -0.133. The van der Waals surface area contributed by atoms with E-state index in [4.69, 9.17) is 0 Å². The number of nitrogens with one attached hydrogen (secondary N) is 1. The summed E-state index contributed by atoms with van der Waals surface area (Å²) >= 11 is 1.67. The Kier molecular flexibility index (Phi) is 4.31. The molecule has 0 aliphatic carbocycles. The summed E-state index contributed by atoms with van der Waals surface area (Å²) in [6.07, 6.45) is 0. The summed E-state index contributed by atoms with van der Waals surface area (Å²) in [6.45, 7) is 9.27. The number of hydrogen-bond acceptors (Lipinski definition) is 4. The van der Waals surface area contributed by atoms with Crippen LogP contribution in [0, 0.1) is 13.8 Å². The van der Waals surface area contributed by atoms with E-state index in [1.807, 2.05) is 31.4 Å². The molecule has 1 aliphatic heterocycles. The number of amides is 1. The third-order valence-electron chi connectivity index (χ3n) is 4.44. The van der Waals surface area contributed by atoms with Gasteiger partial charge in [0, 0.05) is 23.7 Å². The zero-order valence-electron chi connectivity index (χ0n) is 13.3. The lowest BCUT2D eigenvalue weighted by molar-refractivity contribution is -0.126. The molecule has 0 aromatic carbocycles. The Morgan fingerprint density at radius 2 is 2.27 bits per heavy atom. The molecule has 1 N–H and O–H groups in total. The van der Waals surface area contributed by atoms with Gasteiger partial charge in [-0.2, -0.15) is 0 Å². The van der Waals surface area contributed by atoms with Crippen molar-refractivity contribution in [3.05, 3.63) is 39.6 Å². The van der Waals surface area contributed by atoms with E-state index >= 15 is 0 Å². The van der Waals surface area contributed by atoms with Crippen LogP contribution in [-0.4, -0.2) is 32.9 Å². The van der Waals surface area contributed by atoms with Gasteiger partial charge in [0.05, 0.1) is 24.8 Å². The molecule has 0 radical (unpaired) electrons. The second kappa shape index (κ2) is 6.22. The number of carbonyl (C=O) groups excluding carboxylic acids is 1. The molecule has 1 amide bonds. The van der Waals surface area contributed by atoms with Crippen LogP contribution in [0.15, 0.2) is 17.5 Å². The van der Waals surface area contributed by atoms with Crippen LogP contribution in [0.2, 0.25) is 0 Å². The van der Waals surface area contributed by atoms with Crippen LogP contribution in [0.3, 0.4) is 0 Å². The molecule has 0 fully saturated rings. The number of hydrogen-bond donors (Lipinski definition) is 1. The predicted octanol–water partition coefficient (Wildman–Crippen LogP) is 2.08. The summed E-state index contributed by atoms with van der Waals surface area (Å²) in [5, 5.41) is 5.05. The molecule has 3 rings (SSSR count). The summed E-state index contributed by atoms with van der Waals surface area (Å²) < 4.78 is 2.27. The molecule has 1 aliphatic rings. The van der Waals surface area contributed by atoms with Crippen molar-refractivity contribution >= 4 is 17.2 Å². The fraction of sp³-hybridized carbons (Fsp3) is 0.500. The maximum absolute atomic E-state index is 12.3. The SMILES string of the molecule is Cc1nc2n(c1C)CCN([C@@H](C)C(=O)NCc1cccs1)C2. The summed E-state index contributed by atoms with van der Waals surface area (Å²) in [5.74, 6) is 1.15. The number of carbonyl (C=O) groups is 1. The fourth-order valence-corrected chi connectivity index (χ4v) is 3.51. The highest BCUT2D eigenvalue weighted by atomic mass is 32.1. The van der Waals surface area contributed by atoms with Crippen LogP contribution in [0.5, 0.6) is 0 Å². The second-order valence-electron chi connectivity index (χ2n) is 5.79. The highest BCUT2D eigenvalue weighted by molar-refractivity contribution is 7.09. The minimum absolute atomic E-state index is 0.0850. The third kappa shape index (κ3) is 2.94. The van der Waals surface area contributed by atoms with Gasteiger partial charge in [-0.25, -0.2) is 4.98 Å². The molecule has 0 bridgehead atoms. The molecule has 5 nitrogen and oxygen atoms in total. The number of imidazole rings is 1. The van der Waals surface area contributed by atoms with Crippen molar-refractivity contribution in [3.8, 4) is 0 Å². The third-order valence-corrected chi connectivity index (χ3v) is 5.31. The van der Waals surface area contributed by atoms with Crippen LogP contribution in [0.4, 0.5) is 0 Å². The monoisotopic (exact) mass is 318 g/mol. The smallest absolute Gasteiger partial charge is 0.237 e. The Balaban J connectivity index is 1.60. The lowest BCUT2D eigenvalue weighted by Crippen LogP contribution is -2.47. The van der Waals surface area contributed by atoms with Crippen LogP contribution >= 0.6 is 11.3 Å². The molecule has 6 heteroatoms. The number of aryl methyl sites for hydroxylation is 1. The van der Waals surface area contributed by atoms with Crippen molar-refractivity contribution in [3.63, 3.8) is 0 Å². The first kappa shape index (κ1) is 15.2. The standard InChI is InChI=1S/C16H22N4OS/c1-11-12(2)20-7-6-19(10-15(20)18-11)13(3)16(21)17-9-14-5-4-8-22-14/h4-5,8,13H,6-7,9-10H2,1-3H3,(H,17,21)/t13-/m0/s1. The van der Waals surface area contributed by atoms with Gasteiger partial charge in [-0.1, -0.05) is 6.07 Å². The van der Waals surface area contributed by atoms with Gasteiger partial charge in [-0.3, -0.25) is 9.69 Å². The summed E-state index contributed by atoms with van der Waals surface area (Å²) in [7, 11) is 0. The van der Waals surface area contributed by atoms with Crippen molar-refractivity contribution in [1.29, 1.82) is 0 Å². The number of thiophene rings is 1. The van der Waals surface area contributed by atoms with Gasteiger partial charge in [0.15, 0.2) is 0 Å². The molecule has 2 aromatic rings. The lowest BCUT2D eigenvalue weighted by Gasteiger charge is -2.32. The minimum Gasteiger partial charge on any atom is -0.350 e. The number of rotatable bonds is 4. The van der Waals surface area contributed by atoms with Gasteiger partial charge in [0.2, 0.25) is 5.91 Å². The lowest BCUT2D eigenvalue weighted by atomic mass is 10.2. The first-order chi connectivity index (χ1) is 10.6. The zero-order chi connectivity index (χ0) is 15.7. The normalized spacial score (nSPS) is 16.3. The molecule has 22 heavy (non-hydrogen) atoms. The molecule has 0 unspecified atom stereocenters. The molecule has 0 saturated carbocycles. The molecule has 3 heterocycles. The Morgan fingerprint density at radius 1 is 1.45 bits per heavy atom. The van der Waals surface area contributed by atoms with E-state index in [0.717, 1.165) is 31.2 Å². The largest absolute Gasteiger partial charge is 0.350 e. The molecular formula is C16H22N4OS. The van der Waals surface area contributed by atoms with E-state index < -0.39 is 0 Å². The van der Waals surface area contributed by atoms with Gasteiger partial charge in [0.25, 0.3) is 0 Å². The van der Waals surface area contributed by atoms with E-state index in [2.05, 4.69) is 26.7 Å². The van der Waals surface area contributed by atoms with Crippen molar-refractivity contribution < 1.29 is 4.79 Å². The average molecular weight is 318 g/mol. The maximum atomic E-state index is 12.3. The van der Waals surface area contributed by atoms with Gasteiger partial charge in [-0.05, 0) is 32.2 Å². The average Bonchev–Trinajstić information content (AvgIpc) is 3.13. The van der Waals surface area contributed by atoms with E-state index in [9.17, 15) is 4.79 Å². The van der Waals surface area contributed by atoms with Crippen molar-refractivity contribution in [1.82, 2.24) is 19.8 Å². The second-order valence-corrected chi connectivity index (χ2v) is 6.83. The molecule has 118 valence electrons. The highest BCUT2D eigenvalue weighted by Gasteiger charge is 2.27. The van der Waals surface area contributed by atoms with Gasteiger partial charge < -0.3 is 9.88 Å². The quantitative estimate of drug-likeness (QED) is 0.939. The van der Waals surface area contributed by atoms with Crippen LogP contribution in [0.1, 0.15) is 29.0 Å². The highest BCUT2D eigenvalue weighted by Crippen LogP contribution is 2.18. The van der Waals surface area contributed by atoms with Crippen molar-refractivity contribution in [2.24, 2.45) is 0 Å². The summed E-state index contributed by atoms with van der Waals surface area (Å²) in [5.41, 5.74) is 2.33. The van der Waals surface area contributed by atoms with Gasteiger partial charge >= 0.3 is 0 Å². The maximum Gasteiger partial charge on any atom is 0.237 e. The Bertz CT molecular complexity index is 662. The molecule has 2 aromatic heterocycles. The van der Waals surface area contributed by atoms with Crippen molar-refractivity contribution in [2.45, 2.75) is 46.4 Å². The summed E-state index contributed by atoms with van der Waals surface area (Å²) in [6, 6.07) is 3.91. The predicted molar refractivity (Wildman–Crippen MR) is 87.7 cm³/mol. The Labute approximate surface area is 135 Å². The van der Waals surface area contributed by atoms with Crippen LogP contribution in [-0.2, 0) is 24.4 Å². The van der Waals surface area contributed by atoms with E-state index in [1.54, 1.807) is 11.3 Å². The number of fused-ring (bicyclic) bond motifs is 1. The topological polar surface area (TPSA) is 50.2 Å². The Morgan fingerprint density at radius 3 is 3.00 bits per heavy atom. The molecule has 0 saturated heterocycles. The van der Waals surface area contributed by atoms with E-state index in [-0.39, 0.29) is 11.9 Å². The molecule has 1 atom stereocenters. The van der Waals surface area contributed by atoms with Crippen LogP contribution < -0.4 is 5.32 Å².